The molecule has 0 aliphatic rings. The lowest BCUT2D eigenvalue weighted by Gasteiger charge is -2.08. The topological polar surface area (TPSA) is 85.1 Å². The fourth-order valence-corrected chi connectivity index (χ4v) is 2.44. The number of nitrogens with one attached hydrogen (secondary N) is 1. The van der Waals surface area contributed by atoms with Crippen molar-refractivity contribution in [2.75, 3.05) is 0 Å². The molecule has 0 aromatic carbocycles. The molecule has 0 aliphatic heterocycles. The molecule has 112 valence electrons. The van der Waals surface area contributed by atoms with E-state index in [1.54, 1.807) is 19.1 Å². The number of amides is 1. The maximum Gasteiger partial charge on any atom is 0.262 e. The molecule has 0 saturated heterocycles. The van der Waals surface area contributed by atoms with Crippen molar-refractivity contribution in [1.82, 2.24) is 15.5 Å². The van der Waals surface area contributed by atoms with Crippen molar-refractivity contribution in [2.45, 2.75) is 39.7 Å². The Bertz CT molecular complexity index is 660. The second kappa shape index (κ2) is 6.17. The fraction of sp³-hybridized carbons (Fsp3) is 0.429. The van der Waals surface area contributed by atoms with Crippen LogP contribution in [0, 0.1) is 0 Å². The monoisotopic (exact) mass is 307 g/mol. The van der Waals surface area contributed by atoms with Crippen LogP contribution in [0.1, 0.15) is 70.8 Å². The summed E-state index contributed by atoms with van der Waals surface area (Å²) < 4.78 is 5.50. The lowest BCUT2D eigenvalue weighted by molar-refractivity contribution is 0.0937. The van der Waals surface area contributed by atoms with E-state index >= 15 is 0 Å². The third kappa shape index (κ3) is 3.55. The van der Waals surface area contributed by atoms with Crippen LogP contribution in [0.2, 0.25) is 0 Å². The summed E-state index contributed by atoms with van der Waals surface area (Å²) in [6, 6.07) is 2.90. The van der Waals surface area contributed by atoms with Gasteiger partial charge in [-0.05, 0) is 26.0 Å². The molecule has 1 amide bonds. The molecule has 0 bridgehead atoms. The van der Waals surface area contributed by atoms with Gasteiger partial charge in [-0.25, -0.2) is 0 Å². The van der Waals surface area contributed by atoms with Gasteiger partial charge in [-0.3, -0.25) is 9.59 Å². The smallest absolute Gasteiger partial charge is 0.262 e. The Balaban J connectivity index is 2.05. The minimum absolute atomic E-state index is 0.0504. The van der Waals surface area contributed by atoms with E-state index < -0.39 is 0 Å². The number of nitrogens with zero attached hydrogens (tertiary/aromatic N) is 2. The lowest BCUT2D eigenvalue weighted by atomic mass is 10.2. The number of carbonyl (C=O) groups excluding carboxylic acids is 2. The third-order valence-electron chi connectivity index (χ3n) is 2.84. The minimum Gasteiger partial charge on any atom is -0.423 e. The van der Waals surface area contributed by atoms with Crippen LogP contribution in [-0.2, 0) is 0 Å². The lowest BCUT2D eigenvalue weighted by Crippen LogP contribution is -2.26. The second-order valence-electron chi connectivity index (χ2n) is 5.05. The van der Waals surface area contributed by atoms with Crippen molar-refractivity contribution in [3.63, 3.8) is 0 Å². The zero-order valence-corrected chi connectivity index (χ0v) is 13.2. The van der Waals surface area contributed by atoms with Crippen LogP contribution < -0.4 is 5.32 Å². The van der Waals surface area contributed by atoms with Gasteiger partial charge in [0.05, 0.1) is 9.75 Å². The number of rotatable bonds is 5. The summed E-state index contributed by atoms with van der Waals surface area (Å²) in [6.45, 7) is 7.15. The van der Waals surface area contributed by atoms with Gasteiger partial charge in [0.15, 0.2) is 5.78 Å². The Hall–Kier alpha value is -2.02. The van der Waals surface area contributed by atoms with E-state index in [9.17, 15) is 9.59 Å². The molecule has 0 aliphatic carbocycles. The van der Waals surface area contributed by atoms with Gasteiger partial charge in [-0.1, -0.05) is 13.8 Å². The predicted octanol–water partition coefficient (Wildman–Crippen LogP) is 2.95. The highest BCUT2D eigenvalue weighted by atomic mass is 32.1. The molecule has 0 unspecified atom stereocenters. The molecule has 2 aromatic rings. The van der Waals surface area contributed by atoms with Crippen LogP contribution in [-0.4, -0.2) is 21.9 Å². The van der Waals surface area contributed by atoms with Crippen molar-refractivity contribution < 1.29 is 14.0 Å². The quantitative estimate of drug-likeness (QED) is 0.858. The normalized spacial score (nSPS) is 12.4. The van der Waals surface area contributed by atoms with Crippen LogP contribution in [0.4, 0.5) is 0 Å². The maximum atomic E-state index is 12.1. The zero-order chi connectivity index (χ0) is 15.6. The van der Waals surface area contributed by atoms with E-state index in [0.717, 1.165) is 0 Å². The van der Waals surface area contributed by atoms with Gasteiger partial charge in [-0.2, -0.15) is 0 Å². The van der Waals surface area contributed by atoms with Crippen LogP contribution in [0.5, 0.6) is 0 Å². The summed E-state index contributed by atoms with van der Waals surface area (Å²) in [5, 5.41) is 10.7. The van der Waals surface area contributed by atoms with Crippen molar-refractivity contribution >= 4 is 23.0 Å². The van der Waals surface area contributed by atoms with E-state index in [4.69, 9.17) is 4.42 Å². The molecule has 0 spiro atoms. The average molecular weight is 307 g/mol. The molecule has 7 heteroatoms. The van der Waals surface area contributed by atoms with Crippen molar-refractivity contribution in [2.24, 2.45) is 0 Å². The zero-order valence-electron chi connectivity index (χ0n) is 12.3. The Morgan fingerprint density at radius 2 is 1.76 bits per heavy atom. The molecular formula is C14H17N3O3S. The first-order valence-electron chi connectivity index (χ1n) is 6.63. The summed E-state index contributed by atoms with van der Waals surface area (Å²) in [5.41, 5.74) is 0. The Morgan fingerprint density at radius 3 is 2.29 bits per heavy atom. The van der Waals surface area contributed by atoms with Crippen molar-refractivity contribution in [3.05, 3.63) is 33.7 Å². The maximum absolute atomic E-state index is 12.1. The molecule has 2 rings (SSSR count). The number of Topliss-reactive ketones (excluding diaryl/α,β-unsaturated/α-hetero) is 1. The first-order valence-corrected chi connectivity index (χ1v) is 7.45. The number of thiophene rings is 1. The predicted molar refractivity (Wildman–Crippen MR) is 78.6 cm³/mol. The highest BCUT2D eigenvalue weighted by molar-refractivity contribution is 7.15. The average Bonchev–Trinajstić information content (AvgIpc) is 3.08. The van der Waals surface area contributed by atoms with Gasteiger partial charge in [0.2, 0.25) is 11.8 Å². The Labute approximate surface area is 126 Å². The number of hydrogen-bond acceptors (Lipinski definition) is 6. The molecule has 21 heavy (non-hydrogen) atoms. The summed E-state index contributed by atoms with van der Waals surface area (Å²) in [6.07, 6.45) is 0. The highest BCUT2D eigenvalue weighted by Crippen LogP contribution is 2.20. The van der Waals surface area contributed by atoms with E-state index in [2.05, 4.69) is 15.5 Å². The van der Waals surface area contributed by atoms with Crippen LogP contribution in [0.15, 0.2) is 16.5 Å². The second-order valence-corrected chi connectivity index (χ2v) is 6.13. The molecular weight excluding hydrogens is 290 g/mol. The van der Waals surface area contributed by atoms with Crippen molar-refractivity contribution in [1.29, 1.82) is 0 Å². The molecule has 2 aromatic heterocycles. The number of carbonyl (C=O) groups is 2. The largest absolute Gasteiger partial charge is 0.423 e. The van der Waals surface area contributed by atoms with Gasteiger partial charge in [-0.15, -0.1) is 21.5 Å². The van der Waals surface area contributed by atoms with Crippen LogP contribution >= 0.6 is 11.3 Å². The highest BCUT2D eigenvalue weighted by Gasteiger charge is 2.19. The summed E-state index contributed by atoms with van der Waals surface area (Å²) in [4.78, 5) is 24.4. The molecule has 1 N–H and O–H groups in total. The first kappa shape index (κ1) is 15.4. The van der Waals surface area contributed by atoms with Gasteiger partial charge >= 0.3 is 0 Å². The van der Waals surface area contributed by atoms with E-state index in [1.165, 1.54) is 18.3 Å². The fourth-order valence-electron chi connectivity index (χ4n) is 1.63. The standard InChI is InChI=1S/C14H17N3O3S/c1-7(2)13-16-17-14(20-13)8(3)15-12(19)11-6-5-10(21-11)9(4)18/h5-8H,1-4H3,(H,15,19)/t8-/m1/s1. The summed E-state index contributed by atoms with van der Waals surface area (Å²) >= 11 is 1.17. The Kier molecular flexibility index (Phi) is 4.52. The third-order valence-corrected chi connectivity index (χ3v) is 4.03. The summed E-state index contributed by atoms with van der Waals surface area (Å²) in [5.74, 6) is 0.746. The number of ketones is 1. The molecule has 1 atom stereocenters. The van der Waals surface area contributed by atoms with Gasteiger partial charge in [0, 0.05) is 5.92 Å². The summed E-state index contributed by atoms with van der Waals surface area (Å²) in [7, 11) is 0. The van der Waals surface area contributed by atoms with Gasteiger partial charge < -0.3 is 9.73 Å². The van der Waals surface area contributed by atoms with E-state index in [1.807, 2.05) is 13.8 Å². The van der Waals surface area contributed by atoms with Crippen LogP contribution in [0.3, 0.4) is 0 Å². The van der Waals surface area contributed by atoms with E-state index in [-0.39, 0.29) is 23.7 Å². The van der Waals surface area contributed by atoms with Crippen molar-refractivity contribution in [3.8, 4) is 0 Å². The van der Waals surface area contributed by atoms with Crippen LogP contribution in [0.25, 0.3) is 0 Å². The van der Waals surface area contributed by atoms with Gasteiger partial charge in [0.25, 0.3) is 5.91 Å². The minimum atomic E-state index is -0.389. The van der Waals surface area contributed by atoms with E-state index in [0.29, 0.717) is 21.5 Å². The molecule has 0 saturated carbocycles. The molecule has 6 nitrogen and oxygen atoms in total. The SMILES string of the molecule is CC(=O)c1ccc(C(=O)N[C@H](C)c2nnc(C(C)C)o2)s1. The number of aromatic nitrogens is 2. The Morgan fingerprint density at radius 1 is 1.14 bits per heavy atom. The molecule has 0 radical (unpaired) electrons. The molecule has 0 fully saturated rings. The van der Waals surface area contributed by atoms with Gasteiger partial charge in [0.1, 0.15) is 6.04 Å². The number of hydrogen-bond donors (Lipinski definition) is 1. The first-order chi connectivity index (χ1) is 9.88. The molecule has 2 heterocycles.